The van der Waals surface area contributed by atoms with Crippen molar-refractivity contribution in [1.29, 1.82) is 0 Å². The van der Waals surface area contributed by atoms with Gasteiger partial charge >= 0.3 is 0 Å². The van der Waals surface area contributed by atoms with E-state index in [4.69, 9.17) is 4.74 Å². The van der Waals surface area contributed by atoms with Gasteiger partial charge in [-0.2, -0.15) is 0 Å². The summed E-state index contributed by atoms with van der Waals surface area (Å²) < 4.78 is 5.96. The molecular weight excluding hydrogens is 198 g/mol. The summed E-state index contributed by atoms with van der Waals surface area (Å²) in [4.78, 5) is 0. The van der Waals surface area contributed by atoms with Gasteiger partial charge in [0.2, 0.25) is 0 Å². The summed E-state index contributed by atoms with van der Waals surface area (Å²) in [5, 5.41) is 3.66. The number of nitrogens with one attached hydrogen (secondary N) is 1. The summed E-state index contributed by atoms with van der Waals surface area (Å²) in [7, 11) is 1.89. The van der Waals surface area contributed by atoms with Gasteiger partial charge in [0.1, 0.15) is 0 Å². The van der Waals surface area contributed by atoms with Crippen molar-refractivity contribution in [3.63, 3.8) is 0 Å². The van der Waals surface area contributed by atoms with Gasteiger partial charge in [-0.3, -0.25) is 0 Å². The molecule has 1 aliphatic carbocycles. The zero-order valence-corrected chi connectivity index (χ0v) is 11.7. The van der Waals surface area contributed by atoms with Crippen molar-refractivity contribution >= 4 is 0 Å². The normalized spacial score (nSPS) is 23.1. The minimum absolute atomic E-state index is 0.0620. The molecule has 1 aliphatic rings. The van der Waals surface area contributed by atoms with Crippen LogP contribution in [0.15, 0.2) is 0 Å². The predicted octanol–water partition coefficient (Wildman–Crippen LogP) is 3.36. The standard InChI is InChI=1S/C14H29NO/c1-6-15-12(13(2,3)4)14(16-5)10-8-7-9-11-14/h12,15H,6-11H2,1-5H3. The van der Waals surface area contributed by atoms with Gasteiger partial charge < -0.3 is 10.1 Å². The van der Waals surface area contributed by atoms with E-state index in [1.807, 2.05) is 7.11 Å². The van der Waals surface area contributed by atoms with Crippen molar-refractivity contribution in [3.8, 4) is 0 Å². The van der Waals surface area contributed by atoms with Crippen molar-refractivity contribution in [2.75, 3.05) is 13.7 Å². The fourth-order valence-electron chi connectivity index (χ4n) is 3.25. The lowest BCUT2D eigenvalue weighted by atomic mass is 9.69. The third kappa shape index (κ3) is 2.98. The Morgan fingerprint density at radius 2 is 1.75 bits per heavy atom. The Hall–Kier alpha value is -0.0800. The molecule has 1 saturated carbocycles. The van der Waals surface area contributed by atoms with Crippen LogP contribution in [0, 0.1) is 5.41 Å². The van der Waals surface area contributed by atoms with Crippen LogP contribution in [-0.4, -0.2) is 25.3 Å². The van der Waals surface area contributed by atoms with Crippen molar-refractivity contribution < 1.29 is 4.74 Å². The molecule has 16 heavy (non-hydrogen) atoms. The second-order valence-corrected chi connectivity index (χ2v) is 6.19. The number of hydrogen-bond acceptors (Lipinski definition) is 2. The van der Waals surface area contributed by atoms with Crippen LogP contribution in [0.3, 0.4) is 0 Å². The Morgan fingerprint density at radius 1 is 1.19 bits per heavy atom. The highest BCUT2D eigenvalue weighted by molar-refractivity contribution is 5.00. The van der Waals surface area contributed by atoms with Gasteiger partial charge in [-0.1, -0.05) is 47.0 Å². The van der Waals surface area contributed by atoms with E-state index in [1.54, 1.807) is 0 Å². The molecule has 1 rings (SSSR count). The van der Waals surface area contributed by atoms with Crippen molar-refractivity contribution in [2.24, 2.45) is 5.41 Å². The first kappa shape index (κ1) is 14.0. The number of rotatable bonds is 4. The zero-order chi connectivity index (χ0) is 12.2. The average Bonchev–Trinajstić information content (AvgIpc) is 2.25. The number of likely N-dealkylation sites (N-methyl/N-ethyl adjacent to an activating group) is 1. The third-order valence-electron chi connectivity index (χ3n) is 3.91. The maximum absolute atomic E-state index is 5.96. The Labute approximate surface area is 101 Å². The highest BCUT2D eigenvalue weighted by atomic mass is 16.5. The van der Waals surface area contributed by atoms with E-state index in [9.17, 15) is 0 Å². The smallest absolute Gasteiger partial charge is 0.0836 e. The number of methoxy groups -OCH3 is 1. The molecule has 0 bridgehead atoms. The van der Waals surface area contributed by atoms with Crippen molar-refractivity contribution in [3.05, 3.63) is 0 Å². The topological polar surface area (TPSA) is 21.3 Å². The highest BCUT2D eigenvalue weighted by Crippen LogP contribution is 2.40. The molecule has 1 N–H and O–H groups in total. The van der Waals surface area contributed by atoms with Crippen molar-refractivity contribution in [1.82, 2.24) is 5.32 Å². The number of ether oxygens (including phenoxy) is 1. The Kier molecular flexibility index (Phi) is 4.81. The molecule has 0 aromatic carbocycles. The van der Waals surface area contributed by atoms with Crippen LogP contribution in [0.1, 0.15) is 59.8 Å². The molecule has 2 heteroatoms. The SMILES string of the molecule is CCNC(C(C)(C)C)C1(OC)CCCCC1. The summed E-state index contributed by atoms with van der Waals surface area (Å²) in [5.74, 6) is 0. The third-order valence-corrected chi connectivity index (χ3v) is 3.91. The first-order valence-corrected chi connectivity index (χ1v) is 6.75. The quantitative estimate of drug-likeness (QED) is 0.795. The molecule has 1 unspecified atom stereocenters. The summed E-state index contributed by atoms with van der Waals surface area (Å²) >= 11 is 0. The lowest BCUT2D eigenvalue weighted by Crippen LogP contribution is -2.59. The molecule has 0 saturated heterocycles. The minimum Gasteiger partial charge on any atom is -0.377 e. The second-order valence-electron chi connectivity index (χ2n) is 6.19. The van der Waals surface area contributed by atoms with Gasteiger partial charge in [0.25, 0.3) is 0 Å². The second kappa shape index (κ2) is 5.50. The van der Waals surface area contributed by atoms with Crippen LogP contribution >= 0.6 is 0 Å². The molecule has 0 spiro atoms. The minimum atomic E-state index is 0.0620. The molecule has 2 nitrogen and oxygen atoms in total. The maximum atomic E-state index is 5.96. The summed E-state index contributed by atoms with van der Waals surface area (Å²) in [6, 6.07) is 0.454. The van der Waals surface area contributed by atoms with E-state index < -0.39 is 0 Å². The largest absolute Gasteiger partial charge is 0.377 e. The van der Waals surface area contributed by atoms with Crippen LogP contribution in [0.2, 0.25) is 0 Å². The van der Waals surface area contributed by atoms with E-state index >= 15 is 0 Å². The molecule has 1 atom stereocenters. The molecule has 0 aromatic heterocycles. The molecule has 0 amide bonds. The van der Waals surface area contributed by atoms with Gasteiger partial charge in [0.15, 0.2) is 0 Å². The molecule has 0 heterocycles. The summed E-state index contributed by atoms with van der Waals surface area (Å²) in [6.07, 6.45) is 6.41. The van der Waals surface area contributed by atoms with E-state index in [-0.39, 0.29) is 11.0 Å². The Balaban J connectivity index is 2.87. The molecule has 0 aromatic rings. The average molecular weight is 227 g/mol. The number of hydrogen-bond donors (Lipinski definition) is 1. The fourth-order valence-corrected chi connectivity index (χ4v) is 3.25. The molecule has 96 valence electrons. The predicted molar refractivity (Wildman–Crippen MR) is 69.7 cm³/mol. The van der Waals surface area contributed by atoms with Crippen LogP contribution in [0.5, 0.6) is 0 Å². The van der Waals surface area contributed by atoms with Gasteiger partial charge in [0, 0.05) is 13.2 Å². The first-order valence-electron chi connectivity index (χ1n) is 6.75. The monoisotopic (exact) mass is 227 g/mol. The highest BCUT2D eigenvalue weighted by Gasteiger charge is 2.45. The molecule has 0 radical (unpaired) electrons. The Bertz CT molecular complexity index is 201. The molecule has 1 fully saturated rings. The van der Waals surface area contributed by atoms with Gasteiger partial charge in [-0.05, 0) is 24.8 Å². The zero-order valence-electron chi connectivity index (χ0n) is 11.7. The van der Waals surface area contributed by atoms with Crippen LogP contribution < -0.4 is 5.32 Å². The van der Waals surface area contributed by atoms with Gasteiger partial charge in [-0.25, -0.2) is 0 Å². The fraction of sp³-hybridized carbons (Fsp3) is 1.00. The Morgan fingerprint density at radius 3 is 2.12 bits per heavy atom. The summed E-state index contributed by atoms with van der Waals surface area (Å²) in [6.45, 7) is 10.2. The van der Waals surface area contributed by atoms with E-state index in [0.29, 0.717) is 6.04 Å². The molecule has 0 aliphatic heterocycles. The van der Waals surface area contributed by atoms with E-state index in [0.717, 1.165) is 6.54 Å². The van der Waals surface area contributed by atoms with Gasteiger partial charge in [-0.15, -0.1) is 0 Å². The van der Waals surface area contributed by atoms with E-state index in [2.05, 4.69) is 33.0 Å². The van der Waals surface area contributed by atoms with Crippen molar-refractivity contribution in [2.45, 2.75) is 71.4 Å². The molecular formula is C14H29NO. The van der Waals surface area contributed by atoms with Crippen LogP contribution in [0.4, 0.5) is 0 Å². The lowest BCUT2D eigenvalue weighted by molar-refractivity contribution is -0.0927. The van der Waals surface area contributed by atoms with Gasteiger partial charge in [0.05, 0.1) is 5.60 Å². The lowest BCUT2D eigenvalue weighted by Gasteiger charge is -2.48. The van der Waals surface area contributed by atoms with Crippen LogP contribution in [-0.2, 0) is 4.74 Å². The first-order chi connectivity index (χ1) is 7.46. The van der Waals surface area contributed by atoms with E-state index in [1.165, 1.54) is 32.1 Å². The maximum Gasteiger partial charge on any atom is 0.0836 e. The summed E-state index contributed by atoms with van der Waals surface area (Å²) in [5.41, 5.74) is 0.315. The van der Waals surface area contributed by atoms with Crippen LogP contribution in [0.25, 0.3) is 0 Å².